The molecule has 1 aliphatic rings. The van der Waals surface area contributed by atoms with Crippen LogP contribution in [0.15, 0.2) is 4.42 Å². The van der Waals surface area contributed by atoms with Crippen LogP contribution in [0.1, 0.15) is 44.9 Å². The van der Waals surface area contributed by atoms with Gasteiger partial charge in [0.2, 0.25) is 5.89 Å². The molecule has 1 saturated carbocycles. The summed E-state index contributed by atoms with van der Waals surface area (Å²) in [5.41, 5.74) is 5.43. The van der Waals surface area contributed by atoms with Crippen molar-refractivity contribution in [2.75, 3.05) is 18.4 Å². The summed E-state index contributed by atoms with van der Waals surface area (Å²) < 4.78 is 5.42. The first-order valence-electron chi connectivity index (χ1n) is 7.04. The van der Waals surface area contributed by atoms with Gasteiger partial charge in [0.15, 0.2) is 0 Å². The number of anilines is 1. The molecule has 102 valence electrons. The zero-order valence-electron chi connectivity index (χ0n) is 11.2. The Morgan fingerprint density at radius 2 is 2.28 bits per heavy atom. The zero-order chi connectivity index (χ0) is 12.8. The summed E-state index contributed by atoms with van der Waals surface area (Å²) in [6, 6.07) is 0.530. The summed E-state index contributed by atoms with van der Waals surface area (Å²) in [5.74, 6) is 2.36. The highest BCUT2D eigenvalue weighted by atomic mass is 16.4. The van der Waals surface area contributed by atoms with Crippen molar-refractivity contribution in [3.05, 3.63) is 5.89 Å². The van der Waals surface area contributed by atoms with Crippen molar-refractivity contribution in [1.82, 2.24) is 10.2 Å². The van der Waals surface area contributed by atoms with Gasteiger partial charge in [0, 0.05) is 19.5 Å². The summed E-state index contributed by atoms with van der Waals surface area (Å²) in [6.07, 6.45) is 7.36. The van der Waals surface area contributed by atoms with Gasteiger partial charge in [0.05, 0.1) is 0 Å². The zero-order valence-corrected chi connectivity index (χ0v) is 11.2. The maximum Gasteiger partial charge on any atom is 0.315 e. The molecule has 1 aliphatic carbocycles. The van der Waals surface area contributed by atoms with Crippen LogP contribution in [0.25, 0.3) is 0 Å². The molecule has 1 heterocycles. The lowest BCUT2D eigenvalue weighted by atomic mass is 9.81. The van der Waals surface area contributed by atoms with E-state index >= 15 is 0 Å². The van der Waals surface area contributed by atoms with E-state index < -0.39 is 0 Å². The molecule has 1 aromatic heterocycles. The summed E-state index contributed by atoms with van der Waals surface area (Å²) in [5, 5.41) is 11.1. The fourth-order valence-corrected chi connectivity index (χ4v) is 2.75. The van der Waals surface area contributed by atoms with E-state index in [2.05, 4.69) is 22.4 Å². The smallest absolute Gasteiger partial charge is 0.315 e. The maximum absolute atomic E-state index is 5.43. The van der Waals surface area contributed by atoms with E-state index in [4.69, 9.17) is 10.2 Å². The molecule has 3 N–H and O–H groups in total. The Bertz CT molecular complexity index is 353. The molecule has 18 heavy (non-hydrogen) atoms. The van der Waals surface area contributed by atoms with E-state index in [0.29, 0.717) is 24.9 Å². The fraction of sp³-hybridized carbons (Fsp3) is 0.846. The van der Waals surface area contributed by atoms with E-state index in [1.54, 1.807) is 0 Å². The molecule has 0 bridgehead atoms. The largest absolute Gasteiger partial charge is 0.408 e. The maximum atomic E-state index is 5.43. The predicted octanol–water partition coefficient (Wildman–Crippen LogP) is 2.20. The summed E-state index contributed by atoms with van der Waals surface area (Å²) in [4.78, 5) is 0. The van der Waals surface area contributed by atoms with E-state index in [-0.39, 0.29) is 0 Å². The van der Waals surface area contributed by atoms with Crippen LogP contribution in [0.4, 0.5) is 6.01 Å². The molecule has 0 radical (unpaired) electrons. The molecule has 5 nitrogen and oxygen atoms in total. The van der Waals surface area contributed by atoms with Crippen molar-refractivity contribution < 1.29 is 4.42 Å². The SMILES string of the molecule is CC1CCCC(CCNc2nnc(CCN)o2)C1. The van der Waals surface area contributed by atoms with Gasteiger partial charge in [-0.1, -0.05) is 31.3 Å². The third kappa shape index (κ3) is 3.98. The first kappa shape index (κ1) is 13.3. The van der Waals surface area contributed by atoms with Crippen LogP contribution in [0.2, 0.25) is 0 Å². The van der Waals surface area contributed by atoms with Crippen LogP contribution in [0, 0.1) is 11.8 Å². The Morgan fingerprint density at radius 1 is 1.39 bits per heavy atom. The molecule has 0 amide bonds. The van der Waals surface area contributed by atoms with E-state index in [1.165, 1.54) is 32.1 Å². The fourth-order valence-electron chi connectivity index (χ4n) is 2.75. The lowest BCUT2D eigenvalue weighted by molar-refractivity contribution is 0.274. The van der Waals surface area contributed by atoms with Crippen LogP contribution >= 0.6 is 0 Å². The number of hydrogen-bond acceptors (Lipinski definition) is 5. The third-order valence-corrected chi connectivity index (χ3v) is 3.70. The molecular weight excluding hydrogens is 228 g/mol. The minimum atomic E-state index is 0.530. The normalized spacial score (nSPS) is 24.1. The van der Waals surface area contributed by atoms with Crippen LogP contribution < -0.4 is 11.1 Å². The summed E-state index contributed by atoms with van der Waals surface area (Å²) >= 11 is 0. The first-order valence-corrected chi connectivity index (χ1v) is 7.04. The lowest BCUT2D eigenvalue weighted by Gasteiger charge is -2.26. The first-order chi connectivity index (χ1) is 8.78. The third-order valence-electron chi connectivity index (χ3n) is 3.70. The van der Waals surface area contributed by atoms with Crippen LogP contribution in [0.3, 0.4) is 0 Å². The minimum Gasteiger partial charge on any atom is -0.408 e. The van der Waals surface area contributed by atoms with Crippen LogP contribution in [0.5, 0.6) is 0 Å². The second-order valence-electron chi connectivity index (χ2n) is 5.39. The topological polar surface area (TPSA) is 77.0 Å². The average Bonchev–Trinajstić information content (AvgIpc) is 2.78. The highest BCUT2D eigenvalue weighted by Gasteiger charge is 2.18. The van der Waals surface area contributed by atoms with Crippen LogP contribution in [-0.4, -0.2) is 23.3 Å². The van der Waals surface area contributed by atoms with Crippen molar-refractivity contribution in [2.24, 2.45) is 17.6 Å². The molecule has 2 atom stereocenters. The van der Waals surface area contributed by atoms with E-state index in [1.807, 2.05) is 0 Å². The van der Waals surface area contributed by atoms with Crippen molar-refractivity contribution in [1.29, 1.82) is 0 Å². The highest BCUT2D eigenvalue weighted by molar-refractivity contribution is 5.16. The van der Waals surface area contributed by atoms with Crippen molar-refractivity contribution in [2.45, 2.75) is 45.4 Å². The second-order valence-corrected chi connectivity index (χ2v) is 5.39. The van der Waals surface area contributed by atoms with Crippen molar-refractivity contribution in [3.8, 4) is 0 Å². The number of nitrogens with two attached hydrogens (primary N) is 1. The molecule has 1 fully saturated rings. The molecule has 5 heteroatoms. The molecule has 2 rings (SSSR count). The average molecular weight is 252 g/mol. The van der Waals surface area contributed by atoms with Crippen molar-refractivity contribution >= 4 is 6.01 Å². The van der Waals surface area contributed by atoms with Crippen LogP contribution in [-0.2, 0) is 6.42 Å². The monoisotopic (exact) mass is 252 g/mol. The Morgan fingerprint density at radius 3 is 3.06 bits per heavy atom. The van der Waals surface area contributed by atoms with Gasteiger partial charge in [-0.3, -0.25) is 0 Å². The molecule has 2 unspecified atom stereocenters. The van der Waals surface area contributed by atoms with Crippen molar-refractivity contribution in [3.63, 3.8) is 0 Å². The molecule has 0 aliphatic heterocycles. The Labute approximate surface area is 109 Å². The quantitative estimate of drug-likeness (QED) is 0.811. The van der Waals surface area contributed by atoms with Gasteiger partial charge in [-0.25, -0.2) is 0 Å². The van der Waals surface area contributed by atoms with Gasteiger partial charge >= 0.3 is 6.01 Å². The van der Waals surface area contributed by atoms with Gasteiger partial charge in [-0.15, -0.1) is 5.10 Å². The Kier molecular flexibility index (Phi) is 4.99. The lowest BCUT2D eigenvalue weighted by Crippen LogP contribution is -2.16. The van der Waals surface area contributed by atoms with E-state index in [0.717, 1.165) is 18.4 Å². The van der Waals surface area contributed by atoms with Gasteiger partial charge in [-0.2, -0.15) is 0 Å². The number of rotatable bonds is 6. The molecule has 0 aromatic carbocycles. The Hall–Kier alpha value is -1.10. The predicted molar refractivity (Wildman–Crippen MR) is 71.3 cm³/mol. The molecular formula is C13H24N4O. The molecule has 0 saturated heterocycles. The van der Waals surface area contributed by atoms with Gasteiger partial charge in [-0.05, 0) is 24.7 Å². The molecule has 0 spiro atoms. The molecule has 1 aromatic rings. The minimum absolute atomic E-state index is 0.530. The standard InChI is InChI=1S/C13H24N4O/c1-10-3-2-4-11(9-10)6-8-15-13-17-16-12(18-13)5-7-14/h10-11H,2-9,14H2,1H3,(H,15,17). The van der Waals surface area contributed by atoms with Gasteiger partial charge in [0.25, 0.3) is 0 Å². The van der Waals surface area contributed by atoms with Gasteiger partial charge in [0.1, 0.15) is 0 Å². The number of hydrogen-bond donors (Lipinski definition) is 2. The summed E-state index contributed by atoms with van der Waals surface area (Å²) in [6.45, 7) is 3.82. The summed E-state index contributed by atoms with van der Waals surface area (Å²) in [7, 11) is 0. The number of nitrogens with zero attached hydrogens (tertiary/aromatic N) is 2. The Balaban J connectivity index is 1.67. The van der Waals surface area contributed by atoms with Gasteiger partial charge < -0.3 is 15.5 Å². The number of nitrogens with one attached hydrogen (secondary N) is 1. The van der Waals surface area contributed by atoms with E-state index in [9.17, 15) is 0 Å². The highest BCUT2D eigenvalue weighted by Crippen LogP contribution is 2.30. The number of aromatic nitrogens is 2. The second kappa shape index (κ2) is 6.73.